The number of oxazole rings is 1. The van der Waals surface area contributed by atoms with E-state index in [1.165, 1.54) is 42.5 Å². The van der Waals surface area contributed by atoms with Crippen LogP contribution >= 0.6 is 0 Å². The third-order valence-corrected chi connectivity index (χ3v) is 6.45. The number of hydrogen-bond donors (Lipinski definition) is 2. The average molecular weight is 429 g/mol. The van der Waals surface area contributed by atoms with Gasteiger partial charge in [0, 0.05) is 11.6 Å². The van der Waals surface area contributed by atoms with Gasteiger partial charge in [-0.3, -0.25) is 4.72 Å². The summed E-state index contributed by atoms with van der Waals surface area (Å²) in [5, 5.41) is 5.09. The SMILES string of the molecule is NS(=O)(=O)c1ccc(-c2nc3ccc(NS(=O)(=O)c4ccccc4)cc3o2)cc1. The number of fused-ring (bicyclic) bond motifs is 1. The van der Waals surface area contributed by atoms with Crippen molar-refractivity contribution in [2.75, 3.05) is 4.72 Å². The zero-order valence-electron chi connectivity index (χ0n) is 14.8. The van der Waals surface area contributed by atoms with E-state index < -0.39 is 20.0 Å². The summed E-state index contributed by atoms with van der Waals surface area (Å²) < 4.78 is 55.9. The third kappa shape index (κ3) is 3.99. The molecular formula is C19H15N3O5S2. The molecule has 10 heteroatoms. The van der Waals surface area contributed by atoms with Crippen LogP contribution in [0.4, 0.5) is 5.69 Å². The van der Waals surface area contributed by atoms with Crippen LogP contribution in [0.1, 0.15) is 0 Å². The van der Waals surface area contributed by atoms with Gasteiger partial charge < -0.3 is 4.42 Å². The second-order valence-corrected chi connectivity index (χ2v) is 9.43. The number of anilines is 1. The van der Waals surface area contributed by atoms with Crippen LogP contribution in [0.25, 0.3) is 22.6 Å². The summed E-state index contributed by atoms with van der Waals surface area (Å²) in [6.45, 7) is 0. The predicted molar refractivity (Wildman–Crippen MR) is 108 cm³/mol. The molecule has 0 saturated carbocycles. The lowest BCUT2D eigenvalue weighted by Crippen LogP contribution is -2.12. The second kappa shape index (κ2) is 6.99. The van der Waals surface area contributed by atoms with E-state index >= 15 is 0 Å². The molecule has 29 heavy (non-hydrogen) atoms. The molecule has 0 aliphatic heterocycles. The summed E-state index contributed by atoms with van der Waals surface area (Å²) in [7, 11) is -7.52. The molecule has 0 bridgehead atoms. The molecule has 0 radical (unpaired) electrons. The molecule has 8 nitrogen and oxygen atoms in total. The topological polar surface area (TPSA) is 132 Å². The first-order chi connectivity index (χ1) is 13.7. The van der Waals surface area contributed by atoms with Crippen LogP contribution in [-0.2, 0) is 20.0 Å². The molecule has 1 aromatic heterocycles. The van der Waals surface area contributed by atoms with Crippen molar-refractivity contribution < 1.29 is 21.3 Å². The van der Waals surface area contributed by atoms with Crippen molar-refractivity contribution in [1.82, 2.24) is 4.98 Å². The van der Waals surface area contributed by atoms with Crippen LogP contribution in [0, 0.1) is 0 Å². The van der Waals surface area contributed by atoms with Crippen LogP contribution in [0.2, 0.25) is 0 Å². The molecule has 3 aromatic carbocycles. The number of sulfonamides is 2. The molecule has 3 N–H and O–H groups in total. The number of hydrogen-bond acceptors (Lipinski definition) is 6. The van der Waals surface area contributed by atoms with E-state index in [0.717, 1.165) is 0 Å². The molecule has 0 aliphatic rings. The zero-order chi connectivity index (χ0) is 20.6. The van der Waals surface area contributed by atoms with Gasteiger partial charge in [-0.2, -0.15) is 0 Å². The maximum Gasteiger partial charge on any atom is 0.261 e. The van der Waals surface area contributed by atoms with E-state index in [4.69, 9.17) is 9.56 Å². The number of nitrogens with two attached hydrogens (primary N) is 1. The third-order valence-electron chi connectivity index (χ3n) is 4.12. The maximum atomic E-state index is 12.5. The Kier molecular flexibility index (Phi) is 4.61. The van der Waals surface area contributed by atoms with Crippen LogP contribution < -0.4 is 9.86 Å². The minimum Gasteiger partial charge on any atom is -0.436 e. The zero-order valence-corrected chi connectivity index (χ0v) is 16.4. The van der Waals surface area contributed by atoms with Crippen molar-refractivity contribution >= 4 is 36.8 Å². The summed E-state index contributed by atoms with van der Waals surface area (Å²) in [5.41, 5.74) is 1.79. The quantitative estimate of drug-likeness (QED) is 0.501. The number of primary sulfonamides is 1. The van der Waals surface area contributed by atoms with Crippen molar-refractivity contribution in [2.24, 2.45) is 5.14 Å². The van der Waals surface area contributed by atoms with Gasteiger partial charge in [-0.05, 0) is 48.5 Å². The predicted octanol–water partition coefficient (Wildman–Crippen LogP) is 2.94. The van der Waals surface area contributed by atoms with Crippen molar-refractivity contribution in [3.8, 4) is 11.5 Å². The molecule has 0 aliphatic carbocycles. The Balaban J connectivity index is 1.65. The van der Waals surface area contributed by atoms with Gasteiger partial charge in [0.2, 0.25) is 15.9 Å². The largest absolute Gasteiger partial charge is 0.436 e. The highest BCUT2D eigenvalue weighted by molar-refractivity contribution is 7.92. The summed E-state index contributed by atoms with van der Waals surface area (Å²) in [6, 6.07) is 18.5. The highest BCUT2D eigenvalue weighted by Crippen LogP contribution is 2.27. The fraction of sp³-hybridized carbons (Fsp3) is 0. The van der Waals surface area contributed by atoms with Crippen molar-refractivity contribution in [2.45, 2.75) is 9.79 Å². The fourth-order valence-corrected chi connectivity index (χ4v) is 4.30. The number of nitrogens with one attached hydrogen (secondary N) is 1. The monoisotopic (exact) mass is 429 g/mol. The molecular weight excluding hydrogens is 414 g/mol. The van der Waals surface area contributed by atoms with Gasteiger partial charge >= 0.3 is 0 Å². The summed E-state index contributed by atoms with van der Waals surface area (Å²) in [6.07, 6.45) is 0. The van der Waals surface area contributed by atoms with Crippen LogP contribution in [0.3, 0.4) is 0 Å². The van der Waals surface area contributed by atoms with Gasteiger partial charge in [-0.1, -0.05) is 18.2 Å². The highest BCUT2D eigenvalue weighted by atomic mass is 32.2. The first-order valence-electron chi connectivity index (χ1n) is 8.34. The lowest BCUT2D eigenvalue weighted by Gasteiger charge is -2.07. The molecule has 4 aromatic rings. The number of benzene rings is 3. The van der Waals surface area contributed by atoms with E-state index in [9.17, 15) is 16.8 Å². The Morgan fingerprint density at radius 2 is 1.52 bits per heavy atom. The Morgan fingerprint density at radius 3 is 2.17 bits per heavy atom. The summed E-state index contributed by atoms with van der Waals surface area (Å²) in [4.78, 5) is 4.47. The average Bonchev–Trinajstić information content (AvgIpc) is 3.11. The minimum absolute atomic E-state index is 0.0186. The first-order valence-corrected chi connectivity index (χ1v) is 11.4. The first kappa shape index (κ1) is 19.1. The van der Waals surface area contributed by atoms with Gasteiger partial charge in [0.25, 0.3) is 10.0 Å². The van der Waals surface area contributed by atoms with Gasteiger partial charge in [-0.15, -0.1) is 0 Å². The number of aromatic nitrogens is 1. The summed E-state index contributed by atoms with van der Waals surface area (Å²) >= 11 is 0. The molecule has 4 rings (SSSR count). The lowest BCUT2D eigenvalue weighted by atomic mass is 10.2. The van der Waals surface area contributed by atoms with E-state index in [1.54, 1.807) is 30.3 Å². The smallest absolute Gasteiger partial charge is 0.261 e. The Bertz CT molecular complexity index is 1400. The molecule has 148 valence electrons. The molecule has 0 atom stereocenters. The van der Waals surface area contributed by atoms with Crippen LogP contribution in [0.5, 0.6) is 0 Å². The standard InChI is InChI=1S/C19H15N3O5S2/c20-28(23,24)15-9-6-13(7-10-15)19-21-17-11-8-14(12-18(17)27-19)22-29(25,26)16-4-2-1-3-5-16/h1-12,22H,(H2,20,23,24). The van der Waals surface area contributed by atoms with E-state index in [1.807, 2.05) is 0 Å². The highest BCUT2D eigenvalue weighted by Gasteiger charge is 2.15. The van der Waals surface area contributed by atoms with Crippen molar-refractivity contribution in [1.29, 1.82) is 0 Å². The van der Waals surface area contributed by atoms with Gasteiger partial charge in [-0.25, -0.2) is 27.0 Å². The molecule has 0 unspecified atom stereocenters. The number of nitrogens with zero attached hydrogens (tertiary/aromatic N) is 1. The fourth-order valence-electron chi connectivity index (χ4n) is 2.71. The molecule has 0 amide bonds. The van der Waals surface area contributed by atoms with Gasteiger partial charge in [0.15, 0.2) is 5.58 Å². The van der Waals surface area contributed by atoms with Crippen LogP contribution in [-0.4, -0.2) is 21.8 Å². The van der Waals surface area contributed by atoms with Crippen molar-refractivity contribution in [3.63, 3.8) is 0 Å². The molecule has 0 saturated heterocycles. The minimum atomic E-state index is -3.79. The molecule has 0 fully saturated rings. The number of rotatable bonds is 5. The van der Waals surface area contributed by atoms with E-state index in [2.05, 4.69) is 9.71 Å². The Hall–Kier alpha value is -3.21. The normalized spacial score (nSPS) is 12.2. The maximum absolute atomic E-state index is 12.5. The van der Waals surface area contributed by atoms with Crippen molar-refractivity contribution in [3.05, 3.63) is 72.8 Å². The van der Waals surface area contributed by atoms with Crippen LogP contribution in [0.15, 0.2) is 87.0 Å². The van der Waals surface area contributed by atoms with E-state index in [-0.39, 0.29) is 15.7 Å². The molecule has 1 heterocycles. The van der Waals surface area contributed by atoms with Gasteiger partial charge in [0.05, 0.1) is 15.5 Å². The second-order valence-electron chi connectivity index (χ2n) is 6.19. The van der Waals surface area contributed by atoms with Gasteiger partial charge in [0.1, 0.15) is 5.52 Å². The molecule has 0 spiro atoms. The van der Waals surface area contributed by atoms with E-state index in [0.29, 0.717) is 22.4 Å². The Labute approximate surface area is 167 Å². The Morgan fingerprint density at radius 1 is 0.828 bits per heavy atom. The summed E-state index contributed by atoms with van der Waals surface area (Å²) in [5.74, 6) is 0.268. The lowest BCUT2D eigenvalue weighted by molar-refractivity contribution is 0.596.